The molecule has 0 amide bonds. The van der Waals surface area contributed by atoms with Crippen molar-refractivity contribution in [3.8, 4) is 0 Å². The minimum absolute atomic E-state index is 0.0208. The molecule has 1 aliphatic rings. The van der Waals surface area contributed by atoms with Crippen molar-refractivity contribution in [1.82, 2.24) is 10.0 Å². The summed E-state index contributed by atoms with van der Waals surface area (Å²) in [4.78, 5) is 0.0754. The second-order valence-corrected chi connectivity index (χ2v) is 9.52. The summed E-state index contributed by atoms with van der Waals surface area (Å²) >= 11 is 0. The van der Waals surface area contributed by atoms with Gasteiger partial charge in [-0.25, -0.2) is 21.6 Å². The van der Waals surface area contributed by atoms with Gasteiger partial charge in [-0.3, -0.25) is 0 Å². The van der Waals surface area contributed by atoms with E-state index in [4.69, 9.17) is 0 Å². The molecular formula is C15H22N2O4S2. The Morgan fingerprint density at radius 3 is 2.35 bits per heavy atom. The highest BCUT2D eigenvalue weighted by molar-refractivity contribution is 7.91. The van der Waals surface area contributed by atoms with Crippen LogP contribution >= 0.6 is 0 Å². The molecule has 23 heavy (non-hydrogen) atoms. The molecule has 1 heterocycles. The van der Waals surface area contributed by atoms with Gasteiger partial charge in [0.05, 0.1) is 9.79 Å². The first-order valence-corrected chi connectivity index (χ1v) is 10.7. The van der Waals surface area contributed by atoms with Crippen molar-refractivity contribution >= 4 is 19.9 Å². The van der Waals surface area contributed by atoms with E-state index in [1.165, 1.54) is 19.1 Å². The third kappa shape index (κ3) is 4.41. The van der Waals surface area contributed by atoms with Crippen LogP contribution in [0.3, 0.4) is 0 Å². The summed E-state index contributed by atoms with van der Waals surface area (Å²) in [6.45, 7) is 5.01. The lowest BCUT2D eigenvalue weighted by Gasteiger charge is -2.16. The molecule has 0 saturated heterocycles. The first-order chi connectivity index (χ1) is 10.6. The van der Waals surface area contributed by atoms with Gasteiger partial charge in [0.15, 0.2) is 9.84 Å². The van der Waals surface area contributed by atoms with Crippen LogP contribution in [-0.4, -0.2) is 42.7 Å². The van der Waals surface area contributed by atoms with Crippen LogP contribution in [-0.2, 0) is 19.9 Å². The molecule has 0 bridgehead atoms. The molecule has 0 spiro atoms. The van der Waals surface area contributed by atoms with E-state index < -0.39 is 19.9 Å². The predicted octanol–water partition coefficient (Wildman–Crippen LogP) is 0.905. The first kappa shape index (κ1) is 18.1. The fraction of sp³-hybridized carbons (Fsp3) is 0.467. The van der Waals surface area contributed by atoms with Crippen molar-refractivity contribution in [3.63, 3.8) is 0 Å². The van der Waals surface area contributed by atoms with E-state index in [9.17, 15) is 16.8 Å². The minimum atomic E-state index is -3.77. The normalized spacial score (nSPS) is 16.2. The summed E-state index contributed by atoms with van der Waals surface area (Å²) in [5.74, 6) is 0. The van der Waals surface area contributed by atoms with Crippen molar-refractivity contribution in [2.75, 3.05) is 25.9 Å². The summed E-state index contributed by atoms with van der Waals surface area (Å²) in [6.07, 6.45) is 3.85. The lowest BCUT2D eigenvalue weighted by atomic mass is 10.1. The van der Waals surface area contributed by atoms with E-state index in [0.29, 0.717) is 5.56 Å². The Labute approximate surface area is 138 Å². The number of rotatable bonds is 5. The Balaban J connectivity index is 2.36. The Morgan fingerprint density at radius 1 is 1.13 bits per heavy atom. The molecule has 0 atom stereocenters. The number of sulfonamides is 1. The molecule has 1 aliphatic heterocycles. The Morgan fingerprint density at radius 2 is 1.78 bits per heavy atom. The molecule has 0 aliphatic carbocycles. The average molecular weight is 358 g/mol. The zero-order chi connectivity index (χ0) is 17.3. The maximum absolute atomic E-state index is 12.6. The van der Waals surface area contributed by atoms with Gasteiger partial charge in [-0.05, 0) is 50.1 Å². The molecule has 6 nitrogen and oxygen atoms in total. The average Bonchev–Trinajstić information content (AvgIpc) is 2.47. The van der Waals surface area contributed by atoms with Gasteiger partial charge in [-0.15, -0.1) is 0 Å². The van der Waals surface area contributed by atoms with Gasteiger partial charge in [0, 0.05) is 19.3 Å². The maximum atomic E-state index is 12.6. The standard InChI is InChI=1S/C15H22N2O4S2/c1-11-8-14(22(3,18)19)12(2)15(9-11)23(20,21)17-10-13-4-6-16-7-5-13/h4,8-9,16-17H,5-7,10H2,1-3H3. The molecule has 0 fully saturated rings. The van der Waals surface area contributed by atoms with Crippen LogP contribution in [0.4, 0.5) is 0 Å². The monoisotopic (exact) mass is 358 g/mol. The van der Waals surface area contributed by atoms with Gasteiger partial charge in [0.1, 0.15) is 0 Å². The summed E-state index contributed by atoms with van der Waals surface area (Å²) in [5.41, 5.74) is 1.88. The third-order valence-corrected chi connectivity index (χ3v) is 6.54. The topological polar surface area (TPSA) is 92.3 Å². The lowest BCUT2D eigenvalue weighted by Crippen LogP contribution is -2.30. The highest BCUT2D eigenvalue weighted by atomic mass is 32.2. The highest BCUT2D eigenvalue weighted by Gasteiger charge is 2.23. The number of hydrogen-bond acceptors (Lipinski definition) is 5. The van der Waals surface area contributed by atoms with Gasteiger partial charge in [0.2, 0.25) is 10.0 Å². The van der Waals surface area contributed by atoms with Crippen LogP contribution in [0.2, 0.25) is 0 Å². The van der Waals surface area contributed by atoms with Crippen LogP contribution in [0.15, 0.2) is 33.6 Å². The van der Waals surface area contributed by atoms with Gasteiger partial charge in [-0.2, -0.15) is 0 Å². The lowest BCUT2D eigenvalue weighted by molar-refractivity contribution is 0.581. The number of hydrogen-bond donors (Lipinski definition) is 2. The van der Waals surface area contributed by atoms with E-state index in [1.54, 1.807) is 6.92 Å². The molecule has 1 aromatic rings. The molecule has 2 N–H and O–H groups in total. The molecule has 128 valence electrons. The maximum Gasteiger partial charge on any atom is 0.241 e. The van der Waals surface area contributed by atoms with E-state index in [0.717, 1.165) is 31.3 Å². The Kier molecular flexibility index (Phi) is 5.30. The van der Waals surface area contributed by atoms with Crippen LogP contribution in [0.25, 0.3) is 0 Å². The van der Waals surface area contributed by atoms with Gasteiger partial charge >= 0.3 is 0 Å². The Hall–Kier alpha value is -1.22. The molecule has 0 saturated carbocycles. The molecule has 0 radical (unpaired) electrons. The molecular weight excluding hydrogens is 336 g/mol. The fourth-order valence-electron chi connectivity index (χ4n) is 2.55. The van der Waals surface area contributed by atoms with Gasteiger partial charge in [-0.1, -0.05) is 11.6 Å². The van der Waals surface area contributed by atoms with Crippen LogP contribution in [0.5, 0.6) is 0 Å². The van der Waals surface area contributed by atoms with E-state index in [-0.39, 0.29) is 21.9 Å². The van der Waals surface area contributed by atoms with E-state index >= 15 is 0 Å². The van der Waals surface area contributed by atoms with Crippen LogP contribution in [0.1, 0.15) is 17.5 Å². The quantitative estimate of drug-likeness (QED) is 0.763. The highest BCUT2D eigenvalue weighted by Crippen LogP contribution is 2.25. The summed E-state index contributed by atoms with van der Waals surface area (Å²) in [6, 6.07) is 3.00. The molecule has 1 aromatic carbocycles. The number of aryl methyl sites for hydroxylation is 1. The molecule has 0 aromatic heterocycles. The number of benzene rings is 1. The fourth-order valence-corrected chi connectivity index (χ4v) is 5.07. The van der Waals surface area contributed by atoms with Crippen LogP contribution in [0, 0.1) is 13.8 Å². The largest absolute Gasteiger partial charge is 0.313 e. The predicted molar refractivity (Wildman–Crippen MR) is 89.8 cm³/mol. The summed E-state index contributed by atoms with van der Waals surface area (Å²) in [5, 5.41) is 3.16. The van der Waals surface area contributed by atoms with Crippen molar-refractivity contribution in [1.29, 1.82) is 0 Å². The first-order valence-electron chi connectivity index (χ1n) is 7.31. The number of sulfone groups is 1. The summed E-state index contributed by atoms with van der Waals surface area (Å²) < 4.78 is 51.4. The minimum Gasteiger partial charge on any atom is -0.313 e. The van der Waals surface area contributed by atoms with Gasteiger partial charge in [0.25, 0.3) is 0 Å². The summed E-state index contributed by atoms with van der Waals surface area (Å²) in [7, 11) is -7.26. The Bertz CT molecular complexity index is 840. The zero-order valence-corrected chi connectivity index (χ0v) is 15.1. The van der Waals surface area contributed by atoms with Crippen molar-refractivity contribution in [2.45, 2.75) is 30.1 Å². The zero-order valence-electron chi connectivity index (χ0n) is 13.5. The second-order valence-electron chi connectivity index (χ2n) is 5.80. The molecule has 8 heteroatoms. The molecule has 0 unspecified atom stereocenters. The second kappa shape index (κ2) is 6.72. The van der Waals surface area contributed by atoms with Crippen molar-refractivity contribution < 1.29 is 16.8 Å². The molecule has 2 rings (SSSR count). The van der Waals surface area contributed by atoms with E-state index in [2.05, 4.69) is 10.0 Å². The van der Waals surface area contributed by atoms with Crippen molar-refractivity contribution in [2.24, 2.45) is 0 Å². The smallest absolute Gasteiger partial charge is 0.241 e. The van der Waals surface area contributed by atoms with Crippen molar-refractivity contribution in [3.05, 3.63) is 34.9 Å². The number of nitrogens with one attached hydrogen (secondary N) is 2. The van der Waals surface area contributed by atoms with Gasteiger partial charge < -0.3 is 5.32 Å². The van der Waals surface area contributed by atoms with Crippen LogP contribution < -0.4 is 10.0 Å². The SMILES string of the molecule is Cc1cc(S(C)(=O)=O)c(C)c(S(=O)(=O)NCC2=CCNCC2)c1. The van der Waals surface area contributed by atoms with E-state index in [1.807, 2.05) is 6.08 Å². The third-order valence-electron chi connectivity index (χ3n) is 3.79.